The molecule has 0 aliphatic rings. The van der Waals surface area contributed by atoms with Gasteiger partial charge in [0.25, 0.3) is 0 Å². The molecule has 0 saturated heterocycles. The van der Waals surface area contributed by atoms with Crippen molar-refractivity contribution in [3.63, 3.8) is 0 Å². The van der Waals surface area contributed by atoms with E-state index in [1.54, 1.807) is 0 Å². The molecule has 10 nitrogen and oxygen atoms in total. The SMILES string of the molecule is O=C([O-])CN(CCN(CC(=O)[O-])CC(=O)O)CC(=O)O.[Cl-].[K+].[Na+].[Na+]. The fourth-order valence-corrected chi connectivity index (χ4v) is 1.46. The van der Waals surface area contributed by atoms with Crippen LogP contribution in [0.4, 0.5) is 0 Å². The summed E-state index contributed by atoms with van der Waals surface area (Å²) in [6.07, 6.45) is 0. The Balaban J connectivity index is -0.000000301. The number of hydrogen-bond donors (Lipinski definition) is 2. The zero-order valence-electron chi connectivity index (χ0n) is 13.9. The maximum atomic E-state index is 10.5. The van der Waals surface area contributed by atoms with Gasteiger partial charge in [-0.25, -0.2) is 0 Å². The quantitative estimate of drug-likeness (QED) is 0.313. The van der Waals surface area contributed by atoms with Crippen LogP contribution in [0.5, 0.6) is 0 Å². The minimum Gasteiger partial charge on any atom is -1.00 e. The number of rotatable bonds is 11. The molecular formula is C10H14ClKN2Na2O8. The molecule has 14 heteroatoms. The first-order valence-corrected chi connectivity index (χ1v) is 5.48. The number of nitrogens with zero attached hydrogens (tertiary/aromatic N) is 2. The second-order valence-corrected chi connectivity index (χ2v) is 3.95. The van der Waals surface area contributed by atoms with Crippen molar-refractivity contribution in [2.75, 3.05) is 39.3 Å². The summed E-state index contributed by atoms with van der Waals surface area (Å²) in [6, 6.07) is 0. The van der Waals surface area contributed by atoms with E-state index in [1.165, 1.54) is 0 Å². The third kappa shape index (κ3) is 23.7. The van der Waals surface area contributed by atoms with E-state index in [0.29, 0.717) is 0 Å². The topological polar surface area (TPSA) is 161 Å². The third-order valence-electron chi connectivity index (χ3n) is 2.16. The maximum absolute atomic E-state index is 10.5. The number of hydrogen-bond acceptors (Lipinski definition) is 8. The molecule has 0 bridgehead atoms. The maximum Gasteiger partial charge on any atom is 1.00 e. The van der Waals surface area contributed by atoms with Crippen LogP contribution in [0.3, 0.4) is 0 Å². The Bertz CT molecular complexity index is 337. The van der Waals surface area contributed by atoms with Gasteiger partial charge in [-0.15, -0.1) is 0 Å². The standard InChI is InChI=1S/C10H16N2O8.ClH.K.2Na/c13-7(14)3-11(4-8(15)16)1-2-12(5-9(17)18)6-10(19)20;;;;/h1-6H2,(H,13,14)(H,15,16)(H,17,18)(H,19,20);1H;;;/q;;3*+1/p-3. The minimum atomic E-state index is -1.49. The van der Waals surface area contributed by atoms with Gasteiger partial charge >= 0.3 is 122 Å². The predicted molar refractivity (Wildman–Crippen MR) is 58.2 cm³/mol. The van der Waals surface area contributed by atoms with Crippen molar-refractivity contribution >= 4 is 23.9 Å². The van der Waals surface area contributed by atoms with Crippen LogP contribution in [-0.2, 0) is 19.2 Å². The van der Waals surface area contributed by atoms with Crippen molar-refractivity contribution in [1.82, 2.24) is 9.80 Å². The minimum absolute atomic E-state index is 0. The number of carbonyl (C=O) groups excluding carboxylic acids is 2. The molecular weight excluding hydrogens is 397 g/mol. The second-order valence-electron chi connectivity index (χ2n) is 3.95. The summed E-state index contributed by atoms with van der Waals surface area (Å²) in [5, 5.41) is 38.0. The predicted octanol–water partition coefficient (Wildman–Crippen LogP) is -16.7. The van der Waals surface area contributed by atoms with Gasteiger partial charge in [0.1, 0.15) is 0 Å². The normalized spacial score (nSPS) is 8.92. The van der Waals surface area contributed by atoms with E-state index in [1.807, 2.05) is 0 Å². The zero-order valence-corrected chi connectivity index (χ0v) is 21.7. The van der Waals surface area contributed by atoms with Gasteiger partial charge in [-0.3, -0.25) is 19.4 Å². The average Bonchev–Trinajstić information content (AvgIpc) is 2.22. The summed E-state index contributed by atoms with van der Waals surface area (Å²) in [7, 11) is 0. The van der Waals surface area contributed by atoms with E-state index in [4.69, 9.17) is 10.2 Å². The molecule has 0 radical (unpaired) electrons. The first-order valence-electron chi connectivity index (χ1n) is 5.48. The Morgan fingerprint density at radius 3 is 1.12 bits per heavy atom. The molecule has 0 aromatic carbocycles. The van der Waals surface area contributed by atoms with Gasteiger partial charge in [0.2, 0.25) is 0 Å². The molecule has 0 spiro atoms. The van der Waals surface area contributed by atoms with Crippen molar-refractivity contribution in [2.45, 2.75) is 0 Å². The zero-order chi connectivity index (χ0) is 15.7. The van der Waals surface area contributed by atoms with Crippen molar-refractivity contribution in [2.24, 2.45) is 0 Å². The fourth-order valence-electron chi connectivity index (χ4n) is 1.46. The van der Waals surface area contributed by atoms with E-state index in [0.717, 1.165) is 9.80 Å². The van der Waals surface area contributed by atoms with Crippen molar-refractivity contribution in [3.05, 3.63) is 0 Å². The number of carboxylic acids is 4. The first-order chi connectivity index (χ1) is 9.20. The Labute approximate surface area is 231 Å². The Hall–Kier alpha value is 1.73. The Morgan fingerprint density at radius 2 is 0.958 bits per heavy atom. The summed E-state index contributed by atoms with van der Waals surface area (Å²) >= 11 is 0. The van der Waals surface area contributed by atoms with E-state index < -0.39 is 50.1 Å². The fraction of sp³-hybridized carbons (Fsp3) is 0.600. The smallest absolute Gasteiger partial charge is 1.00 e. The molecule has 0 saturated carbocycles. The van der Waals surface area contributed by atoms with Gasteiger partial charge in [-0.05, 0) is 0 Å². The molecule has 122 valence electrons. The van der Waals surface area contributed by atoms with Crippen LogP contribution in [0.1, 0.15) is 0 Å². The molecule has 0 fully saturated rings. The van der Waals surface area contributed by atoms with Crippen LogP contribution in [0.2, 0.25) is 0 Å². The molecule has 0 aliphatic heterocycles. The van der Waals surface area contributed by atoms with E-state index in [-0.39, 0.29) is 136 Å². The van der Waals surface area contributed by atoms with Gasteiger partial charge < -0.3 is 42.4 Å². The van der Waals surface area contributed by atoms with Crippen LogP contribution in [0.25, 0.3) is 0 Å². The van der Waals surface area contributed by atoms with Gasteiger partial charge in [0.05, 0.1) is 25.0 Å². The Morgan fingerprint density at radius 1 is 0.708 bits per heavy atom. The van der Waals surface area contributed by atoms with E-state index >= 15 is 0 Å². The van der Waals surface area contributed by atoms with E-state index in [2.05, 4.69) is 0 Å². The molecule has 0 rings (SSSR count). The monoisotopic (exact) mass is 410 g/mol. The largest absolute Gasteiger partial charge is 1.00 e. The number of carbonyl (C=O) groups is 4. The molecule has 0 atom stereocenters. The van der Waals surface area contributed by atoms with Crippen molar-refractivity contribution in [1.29, 1.82) is 0 Å². The summed E-state index contributed by atoms with van der Waals surface area (Å²) < 4.78 is 0. The molecule has 0 unspecified atom stereocenters. The third-order valence-corrected chi connectivity index (χ3v) is 2.16. The van der Waals surface area contributed by atoms with Crippen molar-refractivity contribution < 1.29 is 163 Å². The van der Waals surface area contributed by atoms with Crippen LogP contribution in [0.15, 0.2) is 0 Å². The number of carboxylic acid groups (broad SMARTS) is 4. The average molecular weight is 411 g/mol. The van der Waals surface area contributed by atoms with Gasteiger partial charge in [0.15, 0.2) is 0 Å². The molecule has 0 aliphatic carbocycles. The Kier molecular flexibility index (Phi) is 32.1. The van der Waals surface area contributed by atoms with E-state index in [9.17, 15) is 29.4 Å². The summed E-state index contributed by atoms with van der Waals surface area (Å²) in [6.45, 7) is -2.75. The van der Waals surface area contributed by atoms with Crippen LogP contribution >= 0.6 is 0 Å². The van der Waals surface area contributed by atoms with Gasteiger partial charge in [0, 0.05) is 26.2 Å². The number of halogens is 1. The molecule has 0 aromatic heterocycles. The van der Waals surface area contributed by atoms with Gasteiger partial charge in [-0.1, -0.05) is 0 Å². The molecule has 0 amide bonds. The van der Waals surface area contributed by atoms with Crippen LogP contribution in [-0.4, -0.2) is 83.2 Å². The van der Waals surface area contributed by atoms with Gasteiger partial charge in [-0.2, -0.15) is 0 Å². The van der Waals surface area contributed by atoms with Crippen molar-refractivity contribution in [3.8, 4) is 0 Å². The second kappa shape index (κ2) is 21.0. The number of aliphatic carboxylic acids is 4. The van der Waals surface area contributed by atoms with Crippen LogP contribution in [0, 0.1) is 0 Å². The van der Waals surface area contributed by atoms with Crippen LogP contribution < -0.4 is 133 Å². The molecule has 2 N–H and O–H groups in total. The molecule has 0 aromatic rings. The summed E-state index contributed by atoms with van der Waals surface area (Å²) in [4.78, 5) is 43.9. The summed E-state index contributed by atoms with van der Waals surface area (Å²) in [5.41, 5.74) is 0. The first kappa shape index (κ1) is 36.6. The summed E-state index contributed by atoms with van der Waals surface area (Å²) in [5.74, 6) is -5.52. The molecule has 24 heavy (non-hydrogen) atoms. The molecule has 0 heterocycles.